The number of halogens is 1. The third-order valence-electron chi connectivity index (χ3n) is 3.69. The number of hydrogen-bond acceptors (Lipinski definition) is 2. The summed E-state index contributed by atoms with van der Waals surface area (Å²) in [7, 11) is 0. The molecule has 0 aromatic heterocycles. The lowest BCUT2D eigenvalue weighted by molar-refractivity contribution is 0.199. The number of anilines is 1. The molecule has 0 saturated carbocycles. The molecule has 0 radical (unpaired) electrons. The van der Waals surface area contributed by atoms with E-state index in [-0.39, 0.29) is 0 Å². The van der Waals surface area contributed by atoms with Gasteiger partial charge < -0.3 is 10.0 Å². The number of benzene rings is 1. The fourth-order valence-corrected chi connectivity index (χ4v) is 3.07. The number of aliphatic hydroxyl groups excluding tert-OH is 1. The summed E-state index contributed by atoms with van der Waals surface area (Å²) in [5.41, 5.74) is 2.18. The van der Waals surface area contributed by atoms with Crippen molar-refractivity contribution < 1.29 is 5.11 Å². The van der Waals surface area contributed by atoms with Crippen molar-refractivity contribution in [2.45, 2.75) is 59.6 Å². The minimum absolute atomic E-state index is 0.452. The molecular formula is C17H28BrNO. The number of hydrogen-bond donors (Lipinski definition) is 1. The third kappa shape index (κ3) is 4.49. The highest BCUT2D eigenvalue weighted by Gasteiger charge is 2.21. The molecule has 1 rings (SSSR count). The maximum Gasteiger partial charge on any atom is 0.0782 e. The first-order valence-electron chi connectivity index (χ1n) is 7.64. The van der Waals surface area contributed by atoms with E-state index in [0.717, 1.165) is 29.4 Å². The second kappa shape index (κ2) is 8.04. The van der Waals surface area contributed by atoms with Gasteiger partial charge in [-0.25, -0.2) is 0 Å². The van der Waals surface area contributed by atoms with Gasteiger partial charge in [0.1, 0.15) is 0 Å². The minimum atomic E-state index is -0.452. The van der Waals surface area contributed by atoms with E-state index < -0.39 is 6.10 Å². The van der Waals surface area contributed by atoms with Crippen LogP contribution in [0.4, 0.5) is 5.69 Å². The lowest BCUT2D eigenvalue weighted by Crippen LogP contribution is -2.38. The second-order valence-corrected chi connectivity index (χ2v) is 6.81. The number of nitrogens with zero attached hydrogens (tertiary/aromatic N) is 1. The highest BCUT2D eigenvalue weighted by molar-refractivity contribution is 9.10. The largest absolute Gasteiger partial charge is 0.389 e. The first-order valence-corrected chi connectivity index (χ1v) is 8.44. The van der Waals surface area contributed by atoms with Crippen molar-refractivity contribution in [1.82, 2.24) is 0 Å². The quantitative estimate of drug-likeness (QED) is 0.740. The highest BCUT2D eigenvalue weighted by atomic mass is 79.9. The molecule has 2 nitrogen and oxygen atoms in total. The first kappa shape index (κ1) is 17.5. The van der Waals surface area contributed by atoms with Gasteiger partial charge in [-0.15, -0.1) is 0 Å². The molecule has 0 bridgehead atoms. The number of rotatable bonds is 7. The summed E-state index contributed by atoms with van der Waals surface area (Å²) in [6, 6.07) is 6.76. The maximum absolute atomic E-state index is 10.1. The van der Waals surface area contributed by atoms with Gasteiger partial charge in [0.2, 0.25) is 0 Å². The number of aliphatic hydroxyl groups is 1. The molecule has 114 valence electrons. The third-order valence-corrected chi connectivity index (χ3v) is 4.19. The molecule has 1 unspecified atom stereocenters. The average Bonchev–Trinajstić information content (AvgIpc) is 2.38. The van der Waals surface area contributed by atoms with Crippen LogP contribution in [-0.2, 0) is 0 Å². The Hall–Kier alpha value is -0.540. The molecule has 1 aromatic carbocycles. The van der Waals surface area contributed by atoms with E-state index in [2.05, 4.69) is 60.7 Å². The average molecular weight is 342 g/mol. The van der Waals surface area contributed by atoms with E-state index in [0.29, 0.717) is 12.0 Å². The van der Waals surface area contributed by atoms with Gasteiger partial charge in [0.15, 0.2) is 0 Å². The van der Waals surface area contributed by atoms with Gasteiger partial charge in [-0.1, -0.05) is 43.6 Å². The lowest BCUT2D eigenvalue weighted by atomic mass is 10.0. The normalized spacial score (nSPS) is 13.1. The van der Waals surface area contributed by atoms with Crippen molar-refractivity contribution in [2.75, 3.05) is 11.4 Å². The molecule has 0 saturated heterocycles. The SMILES string of the molecule is CCC(CC)N(CC(C)C)c1ccc(Br)cc1C(C)O. The molecule has 0 aliphatic carbocycles. The van der Waals surface area contributed by atoms with Crippen LogP contribution in [0.2, 0.25) is 0 Å². The molecule has 20 heavy (non-hydrogen) atoms. The summed E-state index contributed by atoms with van der Waals surface area (Å²) < 4.78 is 1.02. The molecule has 0 fully saturated rings. The van der Waals surface area contributed by atoms with Crippen LogP contribution in [0.5, 0.6) is 0 Å². The van der Waals surface area contributed by atoms with Gasteiger partial charge >= 0.3 is 0 Å². The molecule has 0 amide bonds. The zero-order valence-corrected chi connectivity index (χ0v) is 14.9. The Bertz CT molecular complexity index is 413. The van der Waals surface area contributed by atoms with Crippen molar-refractivity contribution in [3.8, 4) is 0 Å². The van der Waals surface area contributed by atoms with Gasteiger partial charge in [0.05, 0.1) is 6.10 Å². The zero-order chi connectivity index (χ0) is 15.3. The lowest BCUT2D eigenvalue weighted by Gasteiger charge is -2.36. The molecule has 0 spiro atoms. The van der Waals surface area contributed by atoms with Crippen LogP contribution in [0.3, 0.4) is 0 Å². The molecule has 0 aliphatic heterocycles. The summed E-state index contributed by atoms with van der Waals surface area (Å²) in [5.74, 6) is 0.598. The van der Waals surface area contributed by atoms with Crippen LogP contribution >= 0.6 is 15.9 Å². The van der Waals surface area contributed by atoms with Crippen LogP contribution in [0, 0.1) is 5.92 Å². The van der Waals surface area contributed by atoms with Crippen molar-refractivity contribution in [1.29, 1.82) is 0 Å². The highest BCUT2D eigenvalue weighted by Crippen LogP contribution is 2.32. The Morgan fingerprint density at radius 2 is 1.75 bits per heavy atom. The molecule has 3 heteroatoms. The van der Waals surface area contributed by atoms with E-state index in [9.17, 15) is 5.11 Å². The smallest absolute Gasteiger partial charge is 0.0782 e. The summed E-state index contributed by atoms with van der Waals surface area (Å²) in [6.07, 6.45) is 1.79. The molecule has 0 aliphatic rings. The van der Waals surface area contributed by atoms with E-state index in [1.807, 2.05) is 13.0 Å². The first-order chi connectivity index (χ1) is 9.40. The molecule has 0 heterocycles. The topological polar surface area (TPSA) is 23.5 Å². The van der Waals surface area contributed by atoms with Gasteiger partial charge in [-0.05, 0) is 43.9 Å². The van der Waals surface area contributed by atoms with Gasteiger partial charge in [-0.2, -0.15) is 0 Å². The van der Waals surface area contributed by atoms with Crippen molar-refractivity contribution in [3.05, 3.63) is 28.2 Å². The monoisotopic (exact) mass is 341 g/mol. The van der Waals surface area contributed by atoms with E-state index in [1.54, 1.807) is 0 Å². The van der Waals surface area contributed by atoms with Crippen molar-refractivity contribution in [3.63, 3.8) is 0 Å². The Balaban J connectivity index is 3.25. The van der Waals surface area contributed by atoms with Crippen molar-refractivity contribution in [2.24, 2.45) is 5.92 Å². The fourth-order valence-electron chi connectivity index (χ4n) is 2.69. The Morgan fingerprint density at radius 1 is 1.15 bits per heavy atom. The Morgan fingerprint density at radius 3 is 2.20 bits per heavy atom. The van der Waals surface area contributed by atoms with Gasteiger partial charge in [-0.3, -0.25) is 0 Å². The molecule has 1 N–H and O–H groups in total. The van der Waals surface area contributed by atoms with Crippen LogP contribution in [0.1, 0.15) is 59.1 Å². The van der Waals surface area contributed by atoms with Crippen LogP contribution in [-0.4, -0.2) is 17.7 Å². The second-order valence-electron chi connectivity index (χ2n) is 5.90. The van der Waals surface area contributed by atoms with Gasteiger partial charge in [0, 0.05) is 28.3 Å². The van der Waals surface area contributed by atoms with Crippen LogP contribution < -0.4 is 4.90 Å². The summed E-state index contributed by atoms with van der Waals surface area (Å²) in [4.78, 5) is 2.47. The Kier molecular flexibility index (Phi) is 7.04. The van der Waals surface area contributed by atoms with Crippen LogP contribution in [0.25, 0.3) is 0 Å². The predicted octanol–water partition coefficient (Wildman–Crippen LogP) is 5.15. The molecule has 1 atom stereocenters. The molecular weight excluding hydrogens is 314 g/mol. The standard InChI is InChI=1S/C17H28BrNO/c1-6-15(7-2)19(11-12(3)4)17-9-8-14(18)10-16(17)13(5)20/h8-10,12-13,15,20H,6-7,11H2,1-5H3. The summed E-state index contributed by atoms with van der Waals surface area (Å²) in [6.45, 7) is 11.8. The predicted molar refractivity (Wildman–Crippen MR) is 91.3 cm³/mol. The zero-order valence-electron chi connectivity index (χ0n) is 13.4. The van der Waals surface area contributed by atoms with Crippen molar-refractivity contribution >= 4 is 21.6 Å². The van der Waals surface area contributed by atoms with E-state index in [4.69, 9.17) is 0 Å². The van der Waals surface area contributed by atoms with E-state index in [1.165, 1.54) is 5.69 Å². The Labute approximate surface area is 132 Å². The minimum Gasteiger partial charge on any atom is -0.389 e. The maximum atomic E-state index is 10.1. The molecule has 1 aromatic rings. The van der Waals surface area contributed by atoms with Crippen LogP contribution in [0.15, 0.2) is 22.7 Å². The fraction of sp³-hybridized carbons (Fsp3) is 0.647. The summed E-state index contributed by atoms with van der Waals surface area (Å²) in [5, 5.41) is 10.1. The summed E-state index contributed by atoms with van der Waals surface area (Å²) >= 11 is 3.51. The van der Waals surface area contributed by atoms with Gasteiger partial charge in [0.25, 0.3) is 0 Å². The van der Waals surface area contributed by atoms with E-state index >= 15 is 0 Å².